The van der Waals surface area contributed by atoms with Crippen LogP contribution in [0.25, 0.3) is 10.9 Å². The molecule has 1 aromatic carbocycles. The molecule has 0 spiro atoms. The molecule has 7 nitrogen and oxygen atoms in total. The van der Waals surface area contributed by atoms with E-state index in [9.17, 15) is 4.79 Å². The predicted molar refractivity (Wildman–Crippen MR) is 97.9 cm³/mol. The number of amides is 1. The zero-order chi connectivity index (χ0) is 17.9. The van der Waals surface area contributed by atoms with Gasteiger partial charge in [0.05, 0.1) is 18.7 Å². The van der Waals surface area contributed by atoms with E-state index >= 15 is 0 Å². The van der Waals surface area contributed by atoms with Crippen LogP contribution in [0, 0.1) is 0 Å². The van der Waals surface area contributed by atoms with Crippen LogP contribution >= 0.6 is 0 Å². The molecule has 3 heterocycles. The highest BCUT2D eigenvalue weighted by molar-refractivity contribution is 5.95. The topological polar surface area (TPSA) is 80.2 Å². The van der Waals surface area contributed by atoms with Gasteiger partial charge in [0, 0.05) is 31.4 Å². The summed E-state index contributed by atoms with van der Waals surface area (Å²) in [5, 5.41) is 4.04. The van der Waals surface area contributed by atoms with Crippen LogP contribution in [-0.2, 0) is 4.74 Å². The zero-order valence-corrected chi connectivity index (χ0v) is 14.4. The molecule has 1 amide bonds. The number of fused-ring (bicyclic) bond motifs is 1. The van der Waals surface area contributed by atoms with Crippen LogP contribution in [0.3, 0.4) is 0 Å². The second-order valence-electron chi connectivity index (χ2n) is 6.04. The number of aromatic nitrogens is 3. The van der Waals surface area contributed by atoms with Crippen molar-refractivity contribution in [3.05, 3.63) is 60.2 Å². The maximum Gasteiger partial charge on any atom is 0.272 e. The summed E-state index contributed by atoms with van der Waals surface area (Å²) < 4.78 is 5.84. The predicted octanol–water partition coefficient (Wildman–Crippen LogP) is 2.28. The Hall–Kier alpha value is -3.06. The van der Waals surface area contributed by atoms with Gasteiger partial charge in [0.1, 0.15) is 23.3 Å². The van der Waals surface area contributed by atoms with Gasteiger partial charge >= 0.3 is 0 Å². The minimum absolute atomic E-state index is 0.0982. The van der Waals surface area contributed by atoms with E-state index in [0.29, 0.717) is 36.9 Å². The first-order chi connectivity index (χ1) is 12.8. The highest BCUT2D eigenvalue weighted by atomic mass is 16.5. The first-order valence-corrected chi connectivity index (χ1v) is 8.51. The van der Waals surface area contributed by atoms with E-state index in [-0.39, 0.29) is 12.0 Å². The standard InChI is InChI=1S/C19H19N5O2/c1-20-18-17(21-8-9-22-18)16-12-24(10-11-26-16)19(25)15-7-6-13-4-2-3-5-14(13)23-15/h2-9,16H,10-12H2,1H3,(H,20,22). The van der Waals surface area contributed by atoms with Crippen LogP contribution in [0.5, 0.6) is 0 Å². The fourth-order valence-electron chi connectivity index (χ4n) is 3.12. The molecule has 1 aliphatic rings. The van der Waals surface area contributed by atoms with Crippen molar-refractivity contribution < 1.29 is 9.53 Å². The van der Waals surface area contributed by atoms with Crippen LogP contribution in [0.1, 0.15) is 22.3 Å². The van der Waals surface area contributed by atoms with E-state index in [4.69, 9.17) is 4.74 Å². The number of para-hydroxylation sites is 1. The molecular weight excluding hydrogens is 330 g/mol. The molecule has 4 rings (SSSR count). The molecule has 0 bridgehead atoms. The van der Waals surface area contributed by atoms with E-state index in [1.807, 2.05) is 30.3 Å². The Morgan fingerprint density at radius 3 is 2.92 bits per heavy atom. The lowest BCUT2D eigenvalue weighted by Gasteiger charge is -2.32. The van der Waals surface area contributed by atoms with E-state index in [0.717, 1.165) is 10.9 Å². The Labute approximate surface area is 151 Å². The van der Waals surface area contributed by atoms with Gasteiger partial charge in [0.2, 0.25) is 0 Å². The van der Waals surface area contributed by atoms with Crippen molar-refractivity contribution in [2.24, 2.45) is 0 Å². The summed E-state index contributed by atoms with van der Waals surface area (Å²) in [5.74, 6) is 0.564. The highest BCUT2D eigenvalue weighted by Crippen LogP contribution is 2.26. The van der Waals surface area contributed by atoms with Gasteiger partial charge in [-0.25, -0.2) is 9.97 Å². The molecule has 1 atom stereocenters. The molecule has 1 N–H and O–H groups in total. The summed E-state index contributed by atoms with van der Waals surface area (Å²) in [4.78, 5) is 27.8. The average molecular weight is 349 g/mol. The van der Waals surface area contributed by atoms with E-state index in [1.54, 1.807) is 30.4 Å². The third-order valence-corrected chi connectivity index (χ3v) is 4.44. The summed E-state index contributed by atoms with van der Waals surface area (Å²) in [6, 6.07) is 11.5. The molecule has 0 radical (unpaired) electrons. The van der Waals surface area contributed by atoms with E-state index in [1.165, 1.54) is 0 Å². The molecule has 0 saturated carbocycles. The second-order valence-corrected chi connectivity index (χ2v) is 6.04. The Bertz CT molecular complexity index is 946. The largest absolute Gasteiger partial charge is 0.372 e. The number of pyridine rings is 1. The molecule has 132 valence electrons. The first kappa shape index (κ1) is 16.4. The van der Waals surface area contributed by atoms with Gasteiger partial charge in [-0.15, -0.1) is 0 Å². The normalized spacial score (nSPS) is 17.3. The van der Waals surface area contributed by atoms with Gasteiger partial charge in [-0.3, -0.25) is 9.78 Å². The van der Waals surface area contributed by atoms with Gasteiger partial charge in [-0.05, 0) is 12.1 Å². The minimum atomic E-state index is -0.315. The summed E-state index contributed by atoms with van der Waals surface area (Å²) in [6.45, 7) is 1.39. The molecule has 3 aromatic rings. The van der Waals surface area contributed by atoms with Gasteiger partial charge in [-0.1, -0.05) is 24.3 Å². The lowest BCUT2D eigenvalue weighted by Crippen LogP contribution is -2.43. The fraction of sp³-hybridized carbons (Fsp3) is 0.263. The Balaban J connectivity index is 1.57. The second kappa shape index (κ2) is 7.05. The van der Waals surface area contributed by atoms with Crippen molar-refractivity contribution in [3.63, 3.8) is 0 Å². The number of morpholine rings is 1. The number of rotatable bonds is 3. The third kappa shape index (κ3) is 3.09. The Morgan fingerprint density at radius 1 is 1.19 bits per heavy atom. The van der Waals surface area contributed by atoms with Gasteiger partial charge in [0.15, 0.2) is 0 Å². The number of hydrogen-bond acceptors (Lipinski definition) is 6. The number of ether oxygens (including phenoxy) is 1. The van der Waals surface area contributed by atoms with Gasteiger partial charge < -0.3 is 15.0 Å². The minimum Gasteiger partial charge on any atom is -0.372 e. The van der Waals surface area contributed by atoms with Crippen molar-refractivity contribution in [1.82, 2.24) is 19.9 Å². The van der Waals surface area contributed by atoms with Crippen LogP contribution in [0.2, 0.25) is 0 Å². The summed E-state index contributed by atoms with van der Waals surface area (Å²) in [6.07, 6.45) is 2.94. The van der Waals surface area contributed by atoms with Gasteiger partial charge in [-0.2, -0.15) is 0 Å². The van der Waals surface area contributed by atoms with Crippen LogP contribution in [0.4, 0.5) is 5.82 Å². The Morgan fingerprint density at radius 2 is 2.04 bits per heavy atom. The number of hydrogen-bond donors (Lipinski definition) is 1. The average Bonchev–Trinajstić information content (AvgIpc) is 2.73. The number of carbonyl (C=O) groups is 1. The van der Waals surface area contributed by atoms with Gasteiger partial charge in [0.25, 0.3) is 5.91 Å². The molecule has 2 aromatic heterocycles. The van der Waals surface area contributed by atoms with Crippen molar-refractivity contribution in [2.45, 2.75) is 6.10 Å². The lowest BCUT2D eigenvalue weighted by atomic mass is 10.1. The molecule has 26 heavy (non-hydrogen) atoms. The number of carbonyl (C=O) groups excluding carboxylic acids is 1. The molecule has 0 aliphatic carbocycles. The summed E-state index contributed by atoms with van der Waals surface area (Å²) in [7, 11) is 1.79. The monoisotopic (exact) mass is 349 g/mol. The number of nitrogens with zero attached hydrogens (tertiary/aromatic N) is 4. The fourth-order valence-corrected chi connectivity index (χ4v) is 3.12. The SMILES string of the molecule is CNc1nccnc1C1CN(C(=O)c2ccc3ccccc3n2)CCO1. The lowest BCUT2D eigenvalue weighted by molar-refractivity contribution is -0.0247. The molecule has 1 aliphatic heterocycles. The first-order valence-electron chi connectivity index (χ1n) is 8.51. The molecule has 1 fully saturated rings. The van der Waals surface area contributed by atoms with Crippen molar-refractivity contribution >= 4 is 22.6 Å². The maximum atomic E-state index is 12.9. The quantitative estimate of drug-likeness (QED) is 0.781. The molecule has 1 unspecified atom stereocenters. The number of nitrogens with one attached hydrogen (secondary N) is 1. The van der Waals surface area contributed by atoms with Crippen molar-refractivity contribution in [3.8, 4) is 0 Å². The smallest absolute Gasteiger partial charge is 0.272 e. The van der Waals surface area contributed by atoms with Crippen molar-refractivity contribution in [1.29, 1.82) is 0 Å². The van der Waals surface area contributed by atoms with E-state index in [2.05, 4.69) is 20.3 Å². The third-order valence-electron chi connectivity index (χ3n) is 4.44. The highest BCUT2D eigenvalue weighted by Gasteiger charge is 2.29. The molecule has 7 heteroatoms. The molecular formula is C19H19N5O2. The van der Waals surface area contributed by atoms with Crippen LogP contribution < -0.4 is 5.32 Å². The zero-order valence-electron chi connectivity index (χ0n) is 14.4. The number of anilines is 1. The maximum absolute atomic E-state index is 12.9. The van der Waals surface area contributed by atoms with E-state index < -0.39 is 0 Å². The summed E-state index contributed by atoms with van der Waals surface area (Å²) >= 11 is 0. The van der Waals surface area contributed by atoms with Crippen LogP contribution in [0.15, 0.2) is 48.8 Å². The van der Waals surface area contributed by atoms with Crippen molar-refractivity contribution in [2.75, 3.05) is 32.1 Å². The Kier molecular flexibility index (Phi) is 4.45. The number of benzene rings is 1. The van der Waals surface area contributed by atoms with Crippen LogP contribution in [-0.4, -0.2) is 52.5 Å². The summed E-state index contributed by atoms with van der Waals surface area (Å²) in [5.41, 5.74) is 1.96. The molecule has 1 saturated heterocycles.